The lowest BCUT2D eigenvalue weighted by Gasteiger charge is -2.20. The molecule has 1 heterocycles. The number of quaternary nitrogens is 1. The molecular weight excluding hydrogens is 312 g/mol. The molecule has 3 rings (SSSR count). The number of carbonyl (C=O) groups excluding carboxylic acids is 1. The van der Waals surface area contributed by atoms with Crippen molar-refractivity contribution in [3.63, 3.8) is 0 Å². The maximum absolute atomic E-state index is 12.5. The number of amides is 1. The Morgan fingerprint density at radius 2 is 1.56 bits per heavy atom. The molecule has 0 spiro atoms. The summed E-state index contributed by atoms with van der Waals surface area (Å²) in [6, 6.07) is 23.8. The van der Waals surface area contributed by atoms with Gasteiger partial charge in [-0.15, -0.1) is 0 Å². The quantitative estimate of drug-likeness (QED) is 0.697. The van der Waals surface area contributed by atoms with Crippen LogP contribution in [0, 0.1) is 0 Å². The van der Waals surface area contributed by atoms with E-state index >= 15 is 0 Å². The molecule has 0 fully saturated rings. The van der Waals surface area contributed by atoms with Crippen LogP contribution in [-0.2, 0) is 4.79 Å². The third-order valence-electron chi connectivity index (χ3n) is 4.22. The number of nitrogens with two attached hydrogens (primary N) is 1. The minimum Gasteiger partial charge on any atom is -0.463 e. The number of rotatable bonds is 7. The lowest BCUT2D eigenvalue weighted by Crippen LogP contribution is -2.87. The monoisotopic (exact) mass is 335 g/mol. The van der Waals surface area contributed by atoms with E-state index in [1.807, 2.05) is 85.0 Å². The molecule has 1 aromatic heterocycles. The second-order valence-corrected chi connectivity index (χ2v) is 6.07. The van der Waals surface area contributed by atoms with Crippen molar-refractivity contribution in [3.8, 4) is 0 Å². The molecule has 3 aromatic rings. The topological polar surface area (TPSA) is 58.9 Å². The molecule has 0 aliphatic rings. The fourth-order valence-electron chi connectivity index (χ4n) is 2.82. The van der Waals surface area contributed by atoms with E-state index in [9.17, 15) is 4.79 Å². The molecule has 2 aromatic carbocycles. The molecule has 1 atom stereocenters. The van der Waals surface area contributed by atoms with E-state index < -0.39 is 0 Å². The smallest absolute Gasteiger partial charge is 0.275 e. The summed E-state index contributed by atoms with van der Waals surface area (Å²) in [6.07, 6.45) is 1.65. The minimum absolute atomic E-state index is 0.00360. The summed E-state index contributed by atoms with van der Waals surface area (Å²) in [6.45, 7) is 2.37. The van der Waals surface area contributed by atoms with Crippen LogP contribution < -0.4 is 10.6 Å². The SMILES string of the molecule is C[C@H]([NH2+]CC(=O)NC(c1ccccc1)c1ccccc1)c1ccco1. The van der Waals surface area contributed by atoms with Crippen LogP contribution >= 0.6 is 0 Å². The second kappa shape index (κ2) is 8.31. The van der Waals surface area contributed by atoms with E-state index in [-0.39, 0.29) is 18.0 Å². The first-order valence-corrected chi connectivity index (χ1v) is 8.50. The number of hydrogen-bond acceptors (Lipinski definition) is 2. The molecule has 0 unspecified atom stereocenters. The Morgan fingerprint density at radius 3 is 2.08 bits per heavy atom. The number of benzene rings is 2. The summed E-state index contributed by atoms with van der Waals surface area (Å²) in [5.74, 6) is 0.867. The van der Waals surface area contributed by atoms with Crippen molar-refractivity contribution in [1.82, 2.24) is 5.32 Å². The van der Waals surface area contributed by atoms with Gasteiger partial charge in [-0.05, 0) is 30.2 Å². The molecule has 4 nitrogen and oxygen atoms in total. The highest BCUT2D eigenvalue weighted by Crippen LogP contribution is 2.21. The zero-order chi connectivity index (χ0) is 17.5. The average molecular weight is 335 g/mol. The van der Waals surface area contributed by atoms with Gasteiger partial charge in [0, 0.05) is 0 Å². The highest BCUT2D eigenvalue weighted by atomic mass is 16.3. The van der Waals surface area contributed by atoms with Crippen molar-refractivity contribution in [2.45, 2.75) is 19.0 Å². The van der Waals surface area contributed by atoms with E-state index in [1.54, 1.807) is 6.26 Å². The second-order valence-electron chi connectivity index (χ2n) is 6.07. The maximum atomic E-state index is 12.5. The van der Waals surface area contributed by atoms with Crippen LogP contribution in [-0.4, -0.2) is 12.5 Å². The van der Waals surface area contributed by atoms with Gasteiger partial charge in [0.05, 0.1) is 12.3 Å². The third-order valence-corrected chi connectivity index (χ3v) is 4.22. The van der Waals surface area contributed by atoms with Gasteiger partial charge in [-0.1, -0.05) is 60.7 Å². The van der Waals surface area contributed by atoms with E-state index in [4.69, 9.17) is 4.42 Å². The van der Waals surface area contributed by atoms with Crippen LogP contribution in [0.1, 0.15) is 35.9 Å². The standard InChI is InChI=1S/C21H22N2O2/c1-16(19-13-8-14-25-19)22-15-20(24)23-21(17-9-4-2-5-10-17)18-11-6-3-7-12-18/h2-14,16,21-22H,15H2,1H3,(H,23,24)/p+1/t16-/m0/s1. The number of carbonyl (C=O) groups is 1. The molecule has 4 heteroatoms. The van der Waals surface area contributed by atoms with Gasteiger partial charge in [0.1, 0.15) is 6.04 Å². The zero-order valence-corrected chi connectivity index (χ0v) is 14.3. The van der Waals surface area contributed by atoms with Gasteiger partial charge in [-0.3, -0.25) is 4.79 Å². The number of nitrogens with one attached hydrogen (secondary N) is 1. The Morgan fingerprint density at radius 1 is 0.960 bits per heavy atom. The zero-order valence-electron chi connectivity index (χ0n) is 14.3. The van der Waals surface area contributed by atoms with Gasteiger partial charge in [0.15, 0.2) is 12.3 Å². The molecule has 0 aliphatic heterocycles. The molecule has 0 aliphatic carbocycles. The molecule has 0 saturated carbocycles. The Hall–Kier alpha value is -2.85. The predicted molar refractivity (Wildman–Crippen MR) is 96.8 cm³/mol. The predicted octanol–water partition coefficient (Wildman–Crippen LogP) is 2.81. The van der Waals surface area contributed by atoms with Crippen molar-refractivity contribution in [2.24, 2.45) is 0 Å². The molecule has 3 N–H and O–H groups in total. The van der Waals surface area contributed by atoms with Crippen molar-refractivity contribution < 1.29 is 14.5 Å². The van der Waals surface area contributed by atoms with Gasteiger partial charge in [0.25, 0.3) is 5.91 Å². The molecule has 0 radical (unpaired) electrons. The van der Waals surface area contributed by atoms with Crippen LogP contribution in [0.25, 0.3) is 0 Å². The molecule has 25 heavy (non-hydrogen) atoms. The summed E-state index contributed by atoms with van der Waals surface area (Å²) >= 11 is 0. The van der Waals surface area contributed by atoms with Gasteiger partial charge in [0.2, 0.25) is 0 Å². The minimum atomic E-state index is -0.151. The van der Waals surface area contributed by atoms with Gasteiger partial charge in [-0.2, -0.15) is 0 Å². The summed E-state index contributed by atoms with van der Waals surface area (Å²) in [4.78, 5) is 12.5. The van der Waals surface area contributed by atoms with E-state index in [0.29, 0.717) is 6.54 Å². The van der Waals surface area contributed by atoms with Crippen LogP contribution in [0.15, 0.2) is 83.5 Å². The third kappa shape index (κ3) is 4.58. The Labute approximate surface area is 147 Å². The number of hydrogen-bond donors (Lipinski definition) is 2. The lowest BCUT2D eigenvalue weighted by atomic mass is 9.99. The first-order valence-electron chi connectivity index (χ1n) is 8.50. The van der Waals surface area contributed by atoms with E-state index in [0.717, 1.165) is 16.9 Å². The molecule has 0 saturated heterocycles. The van der Waals surface area contributed by atoms with Gasteiger partial charge >= 0.3 is 0 Å². The van der Waals surface area contributed by atoms with Crippen LogP contribution in [0.3, 0.4) is 0 Å². The summed E-state index contributed by atoms with van der Waals surface area (Å²) in [5.41, 5.74) is 2.14. The highest BCUT2D eigenvalue weighted by Gasteiger charge is 2.19. The summed E-state index contributed by atoms with van der Waals surface area (Å²) in [7, 11) is 0. The van der Waals surface area contributed by atoms with E-state index in [2.05, 4.69) is 5.32 Å². The first kappa shape index (κ1) is 17.0. The van der Waals surface area contributed by atoms with E-state index in [1.165, 1.54) is 0 Å². The highest BCUT2D eigenvalue weighted by molar-refractivity contribution is 5.77. The van der Waals surface area contributed by atoms with Crippen molar-refractivity contribution in [1.29, 1.82) is 0 Å². The summed E-state index contributed by atoms with van der Waals surface area (Å²) < 4.78 is 5.38. The first-order chi connectivity index (χ1) is 12.2. The normalized spacial score (nSPS) is 12.1. The summed E-state index contributed by atoms with van der Waals surface area (Å²) in [5, 5.41) is 5.12. The maximum Gasteiger partial charge on any atom is 0.275 e. The number of furan rings is 1. The van der Waals surface area contributed by atoms with Gasteiger partial charge in [-0.25, -0.2) is 0 Å². The van der Waals surface area contributed by atoms with Crippen molar-refractivity contribution >= 4 is 5.91 Å². The molecular formula is C21H23N2O2+. The molecule has 128 valence electrons. The lowest BCUT2D eigenvalue weighted by molar-refractivity contribution is -0.684. The molecule has 0 bridgehead atoms. The van der Waals surface area contributed by atoms with Gasteiger partial charge < -0.3 is 15.1 Å². The Kier molecular flexibility index (Phi) is 5.65. The Balaban J connectivity index is 1.67. The van der Waals surface area contributed by atoms with Crippen molar-refractivity contribution in [3.05, 3.63) is 95.9 Å². The van der Waals surface area contributed by atoms with Crippen LogP contribution in [0.2, 0.25) is 0 Å². The Bertz CT molecular complexity index is 731. The molecule has 1 amide bonds. The van der Waals surface area contributed by atoms with Crippen LogP contribution in [0.4, 0.5) is 0 Å². The largest absolute Gasteiger partial charge is 0.463 e. The fraction of sp³-hybridized carbons (Fsp3) is 0.190. The fourth-order valence-corrected chi connectivity index (χ4v) is 2.82. The average Bonchev–Trinajstić information content (AvgIpc) is 3.20. The van der Waals surface area contributed by atoms with Crippen molar-refractivity contribution in [2.75, 3.05) is 6.54 Å². The van der Waals surface area contributed by atoms with Crippen LogP contribution in [0.5, 0.6) is 0 Å².